The van der Waals surface area contributed by atoms with Crippen molar-refractivity contribution in [2.24, 2.45) is 16.5 Å². The van der Waals surface area contributed by atoms with Crippen LogP contribution in [0.5, 0.6) is 0 Å². The third-order valence-electron chi connectivity index (χ3n) is 5.29. The molecule has 0 spiro atoms. The quantitative estimate of drug-likeness (QED) is 0.489. The molecule has 3 rings (SSSR count). The number of benzene rings is 1. The van der Waals surface area contributed by atoms with Gasteiger partial charge in [0.1, 0.15) is 0 Å². The highest BCUT2D eigenvalue weighted by atomic mass is 19.4. The van der Waals surface area contributed by atoms with E-state index in [0.29, 0.717) is 38.8 Å². The molecule has 31 heavy (non-hydrogen) atoms. The number of nitrogens with two attached hydrogens (primary N) is 2. The standard InChI is InChI=1S/C20H23F3N6O2/c21-20(22,23)16-9-13(18(31)28-19(24)25)1-3-15(16)12-5-7-29(8-6-12)17(30)4-2-14-10-26-11-27-14/h1,3,9-12H,2,4-8H2,(H,26,27)(H4,24,25,28,31). The lowest BCUT2D eigenvalue weighted by Crippen LogP contribution is -2.38. The number of aliphatic imine (C=N–C) groups is 1. The Morgan fingerprint density at radius 1 is 1.23 bits per heavy atom. The number of aromatic nitrogens is 2. The van der Waals surface area contributed by atoms with Crippen LogP contribution in [0.4, 0.5) is 13.2 Å². The highest BCUT2D eigenvalue weighted by Crippen LogP contribution is 2.39. The number of alkyl halides is 3. The van der Waals surface area contributed by atoms with Crippen LogP contribution in [0.3, 0.4) is 0 Å². The summed E-state index contributed by atoms with van der Waals surface area (Å²) >= 11 is 0. The van der Waals surface area contributed by atoms with Gasteiger partial charge in [-0.25, -0.2) is 4.98 Å². The first-order chi connectivity index (χ1) is 14.6. The largest absolute Gasteiger partial charge is 0.416 e. The number of imidazole rings is 1. The second-order valence-corrected chi connectivity index (χ2v) is 7.37. The van der Waals surface area contributed by atoms with E-state index in [1.807, 2.05) is 0 Å². The summed E-state index contributed by atoms with van der Waals surface area (Å²) in [5, 5.41) is 0. The van der Waals surface area contributed by atoms with Crippen LogP contribution in [-0.2, 0) is 17.4 Å². The fourth-order valence-corrected chi connectivity index (χ4v) is 3.73. The molecule has 0 aliphatic carbocycles. The van der Waals surface area contributed by atoms with E-state index in [-0.39, 0.29) is 23.0 Å². The molecular weight excluding hydrogens is 413 g/mol. The minimum Gasteiger partial charge on any atom is -0.370 e. The zero-order valence-electron chi connectivity index (χ0n) is 16.7. The Labute approximate surface area is 176 Å². The van der Waals surface area contributed by atoms with Crippen molar-refractivity contribution in [2.45, 2.75) is 37.8 Å². The van der Waals surface area contributed by atoms with E-state index >= 15 is 0 Å². The van der Waals surface area contributed by atoms with E-state index in [9.17, 15) is 22.8 Å². The molecule has 166 valence electrons. The van der Waals surface area contributed by atoms with Gasteiger partial charge in [-0.2, -0.15) is 18.2 Å². The highest BCUT2D eigenvalue weighted by Gasteiger charge is 2.37. The molecule has 0 bridgehead atoms. The van der Waals surface area contributed by atoms with Gasteiger partial charge in [-0.1, -0.05) is 6.07 Å². The van der Waals surface area contributed by atoms with E-state index in [1.165, 1.54) is 12.1 Å². The van der Waals surface area contributed by atoms with Crippen molar-refractivity contribution in [1.29, 1.82) is 0 Å². The second kappa shape index (κ2) is 9.19. The van der Waals surface area contributed by atoms with Crippen molar-refractivity contribution in [3.63, 3.8) is 0 Å². The van der Waals surface area contributed by atoms with E-state index in [1.54, 1.807) is 17.4 Å². The Bertz CT molecular complexity index is 960. The van der Waals surface area contributed by atoms with Crippen LogP contribution in [-0.4, -0.2) is 45.7 Å². The summed E-state index contributed by atoms with van der Waals surface area (Å²) in [4.78, 5) is 36.1. The third-order valence-corrected chi connectivity index (χ3v) is 5.29. The number of amides is 2. The van der Waals surface area contributed by atoms with E-state index in [2.05, 4.69) is 15.0 Å². The number of H-pyrrole nitrogens is 1. The molecule has 1 aromatic carbocycles. The van der Waals surface area contributed by atoms with Gasteiger partial charge in [-0.05, 0) is 42.9 Å². The van der Waals surface area contributed by atoms with Gasteiger partial charge >= 0.3 is 6.18 Å². The number of carbonyl (C=O) groups excluding carboxylic acids is 2. The molecule has 0 unspecified atom stereocenters. The summed E-state index contributed by atoms with van der Waals surface area (Å²) in [5.74, 6) is -1.87. The fraction of sp³-hybridized carbons (Fsp3) is 0.400. The van der Waals surface area contributed by atoms with Gasteiger partial charge in [0.05, 0.1) is 11.9 Å². The fourth-order valence-electron chi connectivity index (χ4n) is 3.73. The first-order valence-electron chi connectivity index (χ1n) is 9.75. The molecule has 8 nitrogen and oxygen atoms in total. The van der Waals surface area contributed by atoms with Crippen LogP contribution in [0, 0.1) is 0 Å². The number of piperidine rings is 1. The molecule has 2 amide bonds. The number of likely N-dealkylation sites (tertiary alicyclic amines) is 1. The smallest absolute Gasteiger partial charge is 0.370 e. The average Bonchev–Trinajstić information content (AvgIpc) is 3.24. The molecule has 1 aromatic heterocycles. The summed E-state index contributed by atoms with van der Waals surface area (Å²) in [6, 6.07) is 3.38. The molecule has 5 N–H and O–H groups in total. The normalized spacial score (nSPS) is 15.0. The predicted octanol–water partition coefficient (Wildman–Crippen LogP) is 2.18. The number of guanidine groups is 1. The summed E-state index contributed by atoms with van der Waals surface area (Å²) < 4.78 is 41.0. The molecule has 0 saturated carbocycles. The number of halogens is 3. The third kappa shape index (κ3) is 5.62. The topological polar surface area (TPSA) is 130 Å². The zero-order chi connectivity index (χ0) is 22.6. The summed E-state index contributed by atoms with van der Waals surface area (Å²) in [7, 11) is 0. The van der Waals surface area contributed by atoms with Gasteiger partial charge in [0, 0.05) is 37.0 Å². The van der Waals surface area contributed by atoms with Crippen LogP contribution >= 0.6 is 0 Å². The van der Waals surface area contributed by atoms with Gasteiger partial charge in [-0.15, -0.1) is 0 Å². The Morgan fingerprint density at radius 2 is 1.94 bits per heavy atom. The Morgan fingerprint density at radius 3 is 2.52 bits per heavy atom. The molecule has 1 saturated heterocycles. The minimum atomic E-state index is -4.64. The molecular formula is C20H23F3N6O2. The lowest BCUT2D eigenvalue weighted by molar-refractivity contribution is -0.139. The molecule has 1 aliphatic heterocycles. The number of rotatable bonds is 5. The van der Waals surface area contributed by atoms with Crippen LogP contribution in [0.1, 0.15) is 52.4 Å². The molecule has 1 fully saturated rings. The number of nitrogens with one attached hydrogen (secondary N) is 1. The van der Waals surface area contributed by atoms with Gasteiger partial charge in [-0.3, -0.25) is 9.59 Å². The predicted molar refractivity (Wildman–Crippen MR) is 107 cm³/mol. The average molecular weight is 436 g/mol. The second-order valence-electron chi connectivity index (χ2n) is 7.37. The minimum absolute atomic E-state index is 0.0396. The molecule has 2 aromatic rings. The van der Waals surface area contributed by atoms with Crippen LogP contribution in [0.2, 0.25) is 0 Å². The number of aromatic amines is 1. The van der Waals surface area contributed by atoms with Crippen molar-refractivity contribution in [1.82, 2.24) is 14.9 Å². The molecule has 11 heteroatoms. The maximum absolute atomic E-state index is 13.7. The van der Waals surface area contributed by atoms with Crippen molar-refractivity contribution >= 4 is 17.8 Å². The first-order valence-corrected chi connectivity index (χ1v) is 9.75. The lowest BCUT2D eigenvalue weighted by atomic mass is 9.85. The van der Waals surface area contributed by atoms with Crippen LogP contribution in [0.15, 0.2) is 35.7 Å². The Hall–Kier alpha value is -3.37. The number of hydrogen-bond donors (Lipinski definition) is 3. The van der Waals surface area contributed by atoms with Crippen molar-refractivity contribution in [3.05, 3.63) is 53.1 Å². The van der Waals surface area contributed by atoms with Gasteiger partial charge < -0.3 is 21.4 Å². The SMILES string of the molecule is NC(N)=NC(=O)c1ccc(C2CCN(C(=O)CCc3cnc[nH]3)CC2)c(C(F)(F)F)c1. The van der Waals surface area contributed by atoms with Crippen LogP contribution < -0.4 is 11.5 Å². The lowest BCUT2D eigenvalue weighted by Gasteiger charge is -2.33. The zero-order valence-corrected chi connectivity index (χ0v) is 16.7. The number of aryl methyl sites for hydroxylation is 1. The van der Waals surface area contributed by atoms with Gasteiger partial charge in [0.15, 0.2) is 5.96 Å². The highest BCUT2D eigenvalue weighted by molar-refractivity contribution is 6.02. The van der Waals surface area contributed by atoms with E-state index < -0.39 is 23.6 Å². The first kappa shape index (κ1) is 22.3. The van der Waals surface area contributed by atoms with Gasteiger partial charge in [0.25, 0.3) is 5.91 Å². The maximum Gasteiger partial charge on any atom is 0.416 e. The van der Waals surface area contributed by atoms with E-state index in [0.717, 1.165) is 11.8 Å². The van der Waals surface area contributed by atoms with Gasteiger partial charge in [0.2, 0.25) is 5.91 Å². The molecule has 2 heterocycles. The molecule has 0 radical (unpaired) electrons. The van der Waals surface area contributed by atoms with E-state index in [4.69, 9.17) is 11.5 Å². The molecule has 0 atom stereocenters. The maximum atomic E-state index is 13.7. The summed E-state index contributed by atoms with van der Waals surface area (Å²) in [6.07, 6.45) is 0.199. The monoisotopic (exact) mass is 436 g/mol. The summed E-state index contributed by atoms with van der Waals surface area (Å²) in [5.41, 5.74) is 10.1. The van der Waals surface area contributed by atoms with Crippen molar-refractivity contribution < 1.29 is 22.8 Å². The Balaban J connectivity index is 1.69. The number of carbonyl (C=O) groups is 2. The van der Waals surface area contributed by atoms with Crippen molar-refractivity contribution in [2.75, 3.05) is 13.1 Å². The molecule has 1 aliphatic rings. The van der Waals surface area contributed by atoms with Crippen LogP contribution in [0.25, 0.3) is 0 Å². The summed E-state index contributed by atoms with van der Waals surface area (Å²) in [6.45, 7) is 0.747. The van der Waals surface area contributed by atoms with Crippen molar-refractivity contribution in [3.8, 4) is 0 Å². The number of hydrogen-bond acceptors (Lipinski definition) is 3. The Kier molecular flexibility index (Phi) is 6.62. The number of nitrogens with zero attached hydrogens (tertiary/aromatic N) is 3.